The van der Waals surface area contributed by atoms with Gasteiger partial charge in [-0.05, 0) is 56.2 Å². The fourth-order valence-corrected chi connectivity index (χ4v) is 3.99. The molecule has 0 aromatic heterocycles. The van der Waals surface area contributed by atoms with E-state index in [0.717, 1.165) is 18.6 Å². The van der Waals surface area contributed by atoms with Gasteiger partial charge in [0.15, 0.2) is 0 Å². The molecule has 0 radical (unpaired) electrons. The molecule has 0 N–H and O–H groups in total. The highest BCUT2D eigenvalue weighted by Gasteiger charge is 2.39. The van der Waals surface area contributed by atoms with Gasteiger partial charge in [-0.15, -0.1) is 11.6 Å². The minimum absolute atomic E-state index is 0.415. The van der Waals surface area contributed by atoms with Crippen LogP contribution in [0.5, 0.6) is 0 Å². The molecule has 2 fully saturated rings. The van der Waals surface area contributed by atoms with E-state index in [9.17, 15) is 0 Å². The van der Waals surface area contributed by atoms with Gasteiger partial charge in [-0.2, -0.15) is 0 Å². The third kappa shape index (κ3) is 2.31. The van der Waals surface area contributed by atoms with Crippen LogP contribution in [0.15, 0.2) is 18.2 Å². The Bertz CT molecular complexity index is 429. The van der Waals surface area contributed by atoms with E-state index in [1.165, 1.54) is 42.4 Å². The van der Waals surface area contributed by atoms with Crippen molar-refractivity contribution in [1.82, 2.24) is 4.90 Å². The molecule has 2 heteroatoms. The Hall–Kier alpha value is -0.530. The molecule has 2 bridgehead atoms. The molecule has 0 amide bonds. The number of alkyl halides is 1. The summed E-state index contributed by atoms with van der Waals surface area (Å²) in [5.74, 6) is 0. The zero-order valence-electron chi connectivity index (χ0n) is 11.3. The summed E-state index contributed by atoms with van der Waals surface area (Å²) in [5.41, 5.74) is 4.26. The largest absolute Gasteiger partial charge is 0.293 e. The first-order valence-corrected chi connectivity index (χ1v) is 7.53. The Morgan fingerprint density at radius 1 is 1.11 bits per heavy atom. The van der Waals surface area contributed by atoms with Gasteiger partial charge in [-0.25, -0.2) is 0 Å². The maximum atomic E-state index is 6.33. The molecule has 0 aliphatic carbocycles. The molecule has 1 nitrogen and oxygen atoms in total. The third-order valence-electron chi connectivity index (χ3n) is 4.76. The summed E-state index contributed by atoms with van der Waals surface area (Å²) in [4.78, 5) is 2.70. The van der Waals surface area contributed by atoms with Crippen LogP contribution in [0.4, 0.5) is 0 Å². The quantitative estimate of drug-likeness (QED) is 0.728. The second-order valence-corrected chi connectivity index (χ2v) is 6.66. The number of hydrogen-bond acceptors (Lipinski definition) is 1. The maximum Gasteiger partial charge on any atom is 0.0365 e. The van der Waals surface area contributed by atoms with Crippen LogP contribution in [0, 0.1) is 13.8 Å². The molecule has 3 rings (SSSR count). The fourth-order valence-electron chi connectivity index (χ4n) is 3.58. The van der Waals surface area contributed by atoms with Crippen molar-refractivity contribution >= 4 is 11.6 Å². The molecular weight excluding hydrogens is 242 g/mol. The number of aryl methyl sites for hydroxylation is 2. The molecule has 0 saturated carbocycles. The van der Waals surface area contributed by atoms with E-state index in [1.807, 2.05) is 0 Å². The van der Waals surface area contributed by atoms with Crippen LogP contribution in [0.3, 0.4) is 0 Å². The summed E-state index contributed by atoms with van der Waals surface area (Å²) in [5, 5.41) is 0.415. The highest BCUT2D eigenvalue weighted by molar-refractivity contribution is 6.20. The lowest BCUT2D eigenvalue weighted by molar-refractivity contribution is 0.134. The van der Waals surface area contributed by atoms with E-state index < -0.39 is 0 Å². The smallest absolute Gasteiger partial charge is 0.0365 e. The summed E-state index contributed by atoms with van der Waals surface area (Å²) >= 11 is 6.33. The van der Waals surface area contributed by atoms with Crippen LogP contribution in [-0.4, -0.2) is 22.4 Å². The highest BCUT2D eigenvalue weighted by Crippen LogP contribution is 2.38. The van der Waals surface area contributed by atoms with Gasteiger partial charge in [0.2, 0.25) is 0 Å². The van der Waals surface area contributed by atoms with Crippen molar-refractivity contribution in [2.24, 2.45) is 0 Å². The van der Waals surface area contributed by atoms with E-state index in [4.69, 9.17) is 11.6 Å². The summed E-state index contributed by atoms with van der Waals surface area (Å²) in [6.07, 6.45) is 5.06. The molecule has 18 heavy (non-hydrogen) atoms. The van der Waals surface area contributed by atoms with Gasteiger partial charge < -0.3 is 0 Å². The van der Waals surface area contributed by atoms with Crippen LogP contribution < -0.4 is 0 Å². The predicted molar refractivity (Wildman–Crippen MR) is 77.1 cm³/mol. The standard InChI is InChI=1S/C16H22ClN/c1-11-3-4-13(7-12(11)2)10-18-15-5-6-16(18)9-14(17)8-15/h3-4,7,14-16H,5-6,8-10H2,1-2H3. The number of fused-ring (bicyclic) bond motifs is 2. The molecule has 1 aromatic carbocycles. The lowest BCUT2D eigenvalue weighted by Crippen LogP contribution is -2.42. The Labute approximate surface area is 115 Å². The summed E-state index contributed by atoms with van der Waals surface area (Å²) in [6, 6.07) is 8.34. The van der Waals surface area contributed by atoms with Crippen molar-refractivity contribution in [2.45, 2.75) is 63.5 Å². The van der Waals surface area contributed by atoms with E-state index >= 15 is 0 Å². The van der Waals surface area contributed by atoms with Crippen LogP contribution >= 0.6 is 11.6 Å². The average Bonchev–Trinajstić information content (AvgIpc) is 2.58. The first kappa shape index (κ1) is 12.5. The summed E-state index contributed by atoms with van der Waals surface area (Å²) in [6.45, 7) is 5.50. The van der Waals surface area contributed by atoms with Crippen LogP contribution in [-0.2, 0) is 6.54 Å². The zero-order valence-corrected chi connectivity index (χ0v) is 12.1. The number of benzene rings is 1. The number of nitrogens with zero attached hydrogens (tertiary/aromatic N) is 1. The lowest BCUT2D eigenvalue weighted by atomic mass is 10.00. The van der Waals surface area contributed by atoms with Crippen molar-refractivity contribution < 1.29 is 0 Å². The Morgan fingerprint density at radius 2 is 1.78 bits per heavy atom. The molecule has 2 saturated heterocycles. The maximum absolute atomic E-state index is 6.33. The number of rotatable bonds is 2. The van der Waals surface area contributed by atoms with Crippen molar-refractivity contribution in [3.05, 3.63) is 34.9 Å². The molecule has 2 heterocycles. The second kappa shape index (κ2) is 4.86. The normalized spacial score (nSPS) is 31.8. The van der Waals surface area contributed by atoms with Crippen molar-refractivity contribution in [1.29, 1.82) is 0 Å². The van der Waals surface area contributed by atoms with E-state index in [0.29, 0.717) is 5.38 Å². The molecule has 98 valence electrons. The highest BCUT2D eigenvalue weighted by atomic mass is 35.5. The van der Waals surface area contributed by atoms with Gasteiger partial charge in [0.05, 0.1) is 0 Å². The Morgan fingerprint density at radius 3 is 2.39 bits per heavy atom. The van der Waals surface area contributed by atoms with Crippen molar-refractivity contribution in [3.8, 4) is 0 Å². The SMILES string of the molecule is Cc1ccc(CN2C3CCC2CC(Cl)C3)cc1C. The Balaban J connectivity index is 1.75. The topological polar surface area (TPSA) is 3.24 Å². The third-order valence-corrected chi connectivity index (χ3v) is 5.12. The average molecular weight is 264 g/mol. The lowest BCUT2D eigenvalue weighted by Gasteiger charge is -2.37. The van der Waals surface area contributed by atoms with Crippen LogP contribution in [0.1, 0.15) is 42.4 Å². The van der Waals surface area contributed by atoms with Gasteiger partial charge in [0.1, 0.15) is 0 Å². The van der Waals surface area contributed by atoms with Gasteiger partial charge in [0.25, 0.3) is 0 Å². The number of hydrogen-bond donors (Lipinski definition) is 0. The molecular formula is C16H22ClN. The molecule has 2 aliphatic rings. The van der Waals surface area contributed by atoms with Gasteiger partial charge in [-0.3, -0.25) is 4.90 Å². The molecule has 1 aromatic rings. The van der Waals surface area contributed by atoms with Gasteiger partial charge in [-0.1, -0.05) is 18.2 Å². The first-order valence-electron chi connectivity index (χ1n) is 7.09. The summed E-state index contributed by atoms with van der Waals surface area (Å²) in [7, 11) is 0. The van der Waals surface area contributed by atoms with Crippen LogP contribution in [0.25, 0.3) is 0 Å². The van der Waals surface area contributed by atoms with Crippen molar-refractivity contribution in [3.63, 3.8) is 0 Å². The number of piperidine rings is 1. The minimum Gasteiger partial charge on any atom is -0.293 e. The fraction of sp³-hybridized carbons (Fsp3) is 0.625. The van der Waals surface area contributed by atoms with E-state index in [-0.39, 0.29) is 0 Å². The predicted octanol–water partition coefficient (Wildman–Crippen LogP) is 4.04. The monoisotopic (exact) mass is 263 g/mol. The minimum atomic E-state index is 0.415. The van der Waals surface area contributed by atoms with E-state index in [1.54, 1.807) is 0 Å². The van der Waals surface area contributed by atoms with E-state index in [2.05, 4.69) is 36.9 Å². The van der Waals surface area contributed by atoms with Gasteiger partial charge >= 0.3 is 0 Å². The zero-order chi connectivity index (χ0) is 12.7. The summed E-state index contributed by atoms with van der Waals surface area (Å²) < 4.78 is 0. The molecule has 2 unspecified atom stereocenters. The van der Waals surface area contributed by atoms with Crippen LogP contribution in [0.2, 0.25) is 0 Å². The first-order chi connectivity index (χ1) is 8.63. The molecule has 0 spiro atoms. The molecule has 2 aliphatic heterocycles. The second-order valence-electron chi connectivity index (χ2n) is 6.04. The van der Waals surface area contributed by atoms with Gasteiger partial charge in [0, 0.05) is 24.0 Å². The Kier molecular flexibility index (Phi) is 3.38. The van der Waals surface area contributed by atoms with Crippen molar-refractivity contribution in [2.75, 3.05) is 0 Å². The molecule has 2 atom stereocenters. The number of halogens is 1.